The first-order valence-electron chi connectivity index (χ1n) is 10.8. The van der Waals surface area contributed by atoms with E-state index in [4.69, 9.17) is 0 Å². The fourth-order valence-electron chi connectivity index (χ4n) is 4.23. The molecule has 168 valence electrons. The van der Waals surface area contributed by atoms with Gasteiger partial charge in [0, 0.05) is 12.4 Å². The van der Waals surface area contributed by atoms with Crippen LogP contribution in [0.3, 0.4) is 0 Å². The molecule has 0 saturated carbocycles. The highest BCUT2D eigenvalue weighted by molar-refractivity contribution is 7.90. The predicted molar refractivity (Wildman–Crippen MR) is 120 cm³/mol. The molecule has 0 bridgehead atoms. The summed E-state index contributed by atoms with van der Waals surface area (Å²) >= 11 is 0. The number of nitrogens with zero attached hydrogens (tertiary/aromatic N) is 2. The number of carbonyl (C=O) groups excluding carboxylic acids is 1. The lowest BCUT2D eigenvalue weighted by Crippen LogP contribution is -2.35. The van der Waals surface area contributed by atoms with Gasteiger partial charge in [-0.2, -0.15) is 0 Å². The number of sulfonamides is 1. The molecule has 0 spiro atoms. The van der Waals surface area contributed by atoms with Crippen LogP contribution in [0.4, 0.5) is 4.39 Å². The van der Waals surface area contributed by atoms with Crippen LogP contribution in [0.25, 0.3) is 11.1 Å². The highest BCUT2D eigenvalue weighted by Gasteiger charge is 2.25. The molecule has 1 aromatic carbocycles. The zero-order chi connectivity index (χ0) is 22.4. The lowest BCUT2D eigenvalue weighted by atomic mass is 9.91. The number of halogens is 1. The molecule has 0 radical (unpaired) electrons. The zero-order valence-corrected chi connectivity index (χ0v) is 19.0. The Balaban J connectivity index is 1.77. The summed E-state index contributed by atoms with van der Waals surface area (Å²) in [5.41, 5.74) is 3.56. The number of hydrogen-bond donors (Lipinski definition) is 1. The van der Waals surface area contributed by atoms with Crippen LogP contribution in [0.15, 0.2) is 30.6 Å². The number of hydrogen-bond acceptors (Lipinski definition) is 5. The van der Waals surface area contributed by atoms with E-state index < -0.39 is 15.9 Å². The SMILES string of the molecule is CCN(CC)CCCS(=O)(=O)NC(=O)Cc1c(-c2ccncc2)cc(F)c2c1CCC2. The first-order chi connectivity index (χ1) is 14.8. The predicted octanol–water partition coefficient (Wildman–Crippen LogP) is 3.10. The lowest BCUT2D eigenvalue weighted by molar-refractivity contribution is -0.118. The summed E-state index contributed by atoms with van der Waals surface area (Å²) in [7, 11) is -3.72. The van der Waals surface area contributed by atoms with Gasteiger partial charge in [-0.1, -0.05) is 13.8 Å². The van der Waals surface area contributed by atoms with Crippen LogP contribution < -0.4 is 4.72 Å². The number of amides is 1. The van der Waals surface area contributed by atoms with Crippen molar-refractivity contribution in [1.29, 1.82) is 0 Å². The normalized spacial score (nSPS) is 13.4. The Bertz CT molecular complexity index is 1020. The summed E-state index contributed by atoms with van der Waals surface area (Å²) < 4.78 is 41.7. The second kappa shape index (κ2) is 10.3. The second-order valence-corrected chi connectivity index (χ2v) is 9.67. The Kier molecular flexibility index (Phi) is 7.78. The van der Waals surface area contributed by atoms with Gasteiger partial charge in [0.1, 0.15) is 5.82 Å². The molecule has 0 unspecified atom stereocenters. The number of rotatable bonds is 10. The molecule has 8 heteroatoms. The highest BCUT2D eigenvalue weighted by Crippen LogP contribution is 2.35. The molecule has 1 heterocycles. The van der Waals surface area contributed by atoms with E-state index in [1.165, 1.54) is 6.07 Å². The molecular weight excluding hydrogens is 417 g/mol. The number of benzene rings is 1. The fraction of sp³-hybridized carbons (Fsp3) is 0.478. The van der Waals surface area contributed by atoms with Gasteiger partial charge < -0.3 is 4.90 Å². The molecule has 0 saturated heterocycles. The molecule has 0 atom stereocenters. The van der Waals surface area contributed by atoms with Crippen molar-refractivity contribution in [3.05, 3.63) is 53.1 Å². The van der Waals surface area contributed by atoms with Crippen molar-refractivity contribution >= 4 is 15.9 Å². The molecule has 1 aliphatic carbocycles. The van der Waals surface area contributed by atoms with Gasteiger partial charge in [-0.15, -0.1) is 0 Å². The quantitative estimate of drug-likeness (QED) is 0.606. The minimum absolute atomic E-state index is 0.102. The monoisotopic (exact) mass is 447 g/mol. The summed E-state index contributed by atoms with van der Waals surface area (Å²) in [5.74, 6) is -0.958. The largest absolute Gasteiger partial charge is 0.304 e. The van der Waals surface area contributed by atoms with Crippen molar-refractivity contribution in [3.63, 3.8) is 0 Å². The molecule has 2 aromatic rings. The van der Waals surface area contributed by atoms with Crippen molar-refractivity contribution < 1.29 is 17.6 Å². The Morgan fingerprint density at radius 3 is 2.52 bits per heavy atom. The smallest absolute Gasteiger partial charge is 0.237 e. The molecule has 6 nitrogen and oxygen atoms in total. The Morgan fingerprint density at radius 2 is 1.84 bits per heavy atom. The van der Waals surface area contributed by atoms with Crippen molar-refractivity contribution in [1.82, 2.24) is 14.6 Å². The van der Waals surface area contributed by atoms with E-state index in [1.54, 1.807) is 24.5 Å². The van der Waals surface area contributed by atoms with Gasteiger partial charge in [-0.3, -0.25) is 14.5 Å². The van der Waals surface area contributed by atoms with Gasteiger partial charge in [0.2, 0.25) is 15.9 Å². The van der Waals surface area contributed by atoms with Crippen molar-refractivity contribution in [3.8, 4) is 11.1 Å². The maximum atomic E-state index is 14.7. The molecule has 0 aliphatic heterocycles. The molecular formula is C23H30FN3O3S. The van der Waals surface area contributed by atoms with Crippen LogP contribution in [0.2, 0.25) is 0 Å². The summed E-state index contributed by atoms with van der Waals surface area (Å²) in [6.07, 6.45) is 5.73. The van der Waals surface area contributed by atoms with E-state index in [0.717, 1.165) is 30.6 Å². The van der Waals surface area contributed by atoms with Gasteiger partial charge in [-0.05, 0) is 91.3 Å². The minimum Gasteiger partial charge on any atom is -0.304 e. The van der Waals surface area contributed by atoms with Crippen LogP contribution in [0.5, 0.6) is 0 Å². The van der Waals surface area contributed by atoms with Crippen molar-refractivity contribution in [2.24, 2.45) is 0 Å². The van der Waals surface area contributed by atoms with Crippen LogP contribution in [0, 0.1) is 5.82 Å². The topological polar surface area (TPSA) is 79.4 Å². The van der Waals surface area contributed by atoms with E-state index in [0.29, 0.717) is 42.5 Å². The van der Waals surface area contributed by atoms with E-state index in [-0.39, 0.29) is 18.0 Å². The second-order valence-electron chi connectivity index (χ2n) is 7.83. The molecule has 1 amide bonds. The van der Waals surface area contributed by atoms with Crippen LogP contribution in [-0.4, -0.2) is 49.6 Å². The van der Waals surface area contributed by atoms with Crippen LogP contribution >= 0.6 is 0 Å². The van der Waals surface area contributed by atoms with Gasteiger partial charge in [-0.25, -0.2) is 12.8 Å². The first-order valence-corrected chi connectivity index (χ1v) is 12.5. The van der Waals surface area contributed by atoms with Gasteiger partial charge in [0.15, 0.2) is 0 Å². The Morgan fingerprint density at radius 1 is 1.16 bits per heavy atom. The fourth-order valence-corrected chi connectivity index (χ4v) is 5.26. The molecule has 1 aromatic heterocycles. The summed E-state index contributed by atoms with van der Waals surface area (Å²) in [6, 6.07) is 4.99. The molecule has 1 aliphatic rings. The Hall–Kier alpha value is -2.32. The van der Waals surface area contributed by atoms with Gasteiger partial charge >= 0.3 is 0 Å². The first kappa shape index (κ1) is 23.3. The van der Waals surface area contributed by atoms with Gasteiger partial charge in [0.25, 0.3) is 0 Å². The summed E-state index contributed by atoms with van der Waals surface area (Å²) in [4.78, 5) is 18.8. The maximum absolute atomic E-state index is 14.7. The van der Waals surface area contributed by atoms with E-state index in [1.807, 2.05) is 13.8 Å². The van der Waals surface area contributed by atoms with E-state index in [9.17, 15) is 17.6 Å². The van der Waals surface area contributed by atoms with Crippen LogP contribution in [0.1, 0.15) is 43.4 Å². The third kappa shape index (κ3) is 5.89. The van der Waals surface area contributed by atoms with Gasteiger partial charge in [0.05, 0.1) is 12.2 Å². The third-order valence-electron chi connectivity index (χ3n) is 5.85. The number of carbonyl (C=O) groups is 1. The Labute approximate surface area is 183 Å². The van der Waals surface area contributed by atoms with Crippen LogP contribution in [-0.2, 0) is 34.1 Å². The number of fused-ring (bicyclic) bond motifs is 1. The average Bonchev–Trinajstić information content (AvgIpc) is 3.24. The van der Waals surface area contributed by atoms with E-state index >= 15 is 0 Å². The third-order valence-corrected chi connectivity index (χ3v) is 7.21. The molecule has 3 rings (SSSR count). The molecule has 31 heavy (non-hydrogen) atoms. The number of pyridine rings is 1. The molecule has 1 N–H and O–H groups in total. The molecule has 0 fully saturated rings. The highest BCUT2D eigenvalue weighted by atomic mass is 32.2. The minimum atomic E-state index is -3.72. The summed E-state index contributed by atoms with van der Waals surface area (Å²) in [6.45, 7) is 6.44. The van der Waals surface area contributed by atoms with Crippen molar-refractivity contribution in [2.45, 2.75) is 46.0 Å². The summed E-state index contributed by atoms with van der Waals surface area (Å²) in [5, 5.41) is 0. The zero-order valence-electron chi connectivity index (χ0n) is 18.2. The van der Waals surface area contributed by atoms with Crippen molar-refractivity contribution in [2.75, 3.05) is 25.4 Å². The average molecular weight is 448 g/mol. The van der Waals surface area contributed by atoms with E-state index in [2.05, 4.69) is 14.6 Å². The number of aromatic nitrogens is 1. The standard InChI is InChI=1S/C23H30FN3O3S/c1-3-27(4-2)13-6-14-31(29,30)26-23(28)16-21-18-7-5-8-19(18)22(24)15-20(21)17-9-11-25-12-10-17/h9-12,15H,3-8,13-14,16H2,1-2H3,(H,26,28). The number of nitrogens with one attached hydrogen (secondary N) is 1. The lowest BCUT2D eigenvalue weighted by Gasteiger charge is -2.18. The maximum Gasteiger partial charge on any atom is 0.237 e.